The third-order valence-corrected chi connectivity index (χ3v) is 4.96. The minimum Gasteiger partial charge on any atom is -0.508 e. The monoisotopic (exact) mass is 362 g/mol. The van der Waals surface area contributed by atoms with Crippen LogP contribution in [-0.2, 0) is 0 Å². The van der Waals surface area contributed by atoms with Crippen molar-refractivity contribution in [3.63, 3.8) is 0 Å². The maximum atomic E-state index is 13.0. The van der Waals surface area contributed by atoms with E-state index in [0.29, 0.717) is 34.9 Å². The van der Waals surface area contributed by atoms with Crippen molar-refractivity contribution in [1.29, 1.82) is 0 Å². The van der Waals surface area contributed by atoms with Gasteiger partial charge in [-0.25, -0.2) is 4.98 Å². The molecule has 0 spiro atoms. The molecule has 1 atom stereocenters. The molecule has 1 saturated heterocycles. The van der Waals surface area contributed by atoms with Gasteiger partial charge in [-0.15, -0.1) is 0 Å². The van der Waals surface area contributed by atoms with Crippen molar-refractivity contribution >= 4 is 16.9 Å². The minimum absolute atomic E-state index is 0.0586. The lowest BCUT2D eigenvalue weighted by Gasteiger charge is -2.22. The van der Waals surface area contributed by atoms with Crippen molar-refractivity contribution in [3.05, 3.63) is 54.2 Å². The van der Waals surface area contributed by atoms with Gasteiger partial charge < -0.3 is 15.3 Å². The largest absolute Gasteiger partial charge is 0.508 e. The third kappa shape index (κ3) is 3.61. The Hall–Kier alpha value is -2.99. The predicted molar refractivity (Wildman–Crippen MR) is 105 cm³/mol. The first-order valence-corrected chi connectivity index (χ1v) is 9.16. The Balaban J connectivity index is 1.69. The Bertz CT molecular complexity index is 983. The highest BCUT2D eigenvalue weighted by Crippen LogP contribution is 2.25. The number of amides is 1. The topological polar surface area (TPSA) is 78.4 Å². The first-order valence-electron chi connectivity index (χ1n) is 9.16. The van der Waals surface area contributed by atoms with Crippen LogP contribution in [-0.4, -0.2) is 52.1 Å². The number of aromatic nitrogens is 2. The van der Waals surface area contributed by atoms with Crippen LogP contribution < -0.4 is 5.32 Å². The predicted octanol–water partition coefficient (Wildman–Crippen LogP) is 2.83. The van der Waals surface area contributed by atoms with Crippen LogP contribution in [0.15, 0.2) is 48.7 Å². The number of nitrogens with one attached hydrogen (secondary N) is 1. The fourth-order valence-electron chi connectivity index (χ4n) is 3.56. The summed E-state index contributed by atoms with van der Waals surface area (Å²) < 4.78 is 0. The number of pyridine rings is 2. The number of likely N-dealkylation sites (N-methyl/N-ethyl adjacent to an activating group) is 1. The number of phenolic OH excluding ortho intramolecular Hbond substituents is 1. The molecule has 2 N–H and O–H groups in total. The number of phenols is 1. The second-order valence-electron chi connectivity index (χ2n) is 6.95. The van der Waals surface area contributed by atoms with Crippen molar-refractivity contribution in [2.75, 3.05) is 20.1 Å². The van der Waals surface area contributed by atoms with E-state index in [1.165, 1.54) is 0 Å². The zero-order chi connectivity index (χ0) is 18.8. The van der Waals surface area contributed by atoms with Crippen LogP contribution in [0.2, 0.25) is 0 Å². The average Bonchev–Trinajstić information content (AvgIpc) is 3.19. The molecule has 0 unspecified atom stereocenters. The van der Waals surface area contributed by atoms with Gasteiger partial charge in [-0.2, -0.15) is 0 Å². The lowest BCUT2D eigenvalue weighted by atomic mass is 10.1. The van der Waals surface area contributed by atoms with Crippen molar-refractivity contribution < 1.29 is 9.90 Å². The number of hydrogen-bond acceptors (Lipinski definition) is 5. The molecule has 0 aliphatic carbocycles. The van der Waals surface area contributed by atoms with Crippen LogP contribution in [0.3, 0.4) is 0 Å². The van der Waals surface area contributed by atoms with E-state index in [4.69, 9.17) is 0 Å². The van der Waals surface area contributed by atoms with E-state index in [1.54, 1.807) is 35.4 Å². The van der Waals surface area contributed by atoms with E-state index in [-0.39, 0.29) is 11.7 Å². The minimum atomic E-state index is -0.0586. The van der Waals surface area contributed by atoms with Crippen LogP contribution in [0, 0.1) is 0 Å². The Morgan fingerprint density at radius 3 is 2.96 bits per heavy atom. The van der Waals surface area contributed by atoms with Gasteiger partial charge in [0, 0.05) is 31.4 Å². The Labute approximate surface area is 157 Å². The summed E-state index contributed by atoms with van der Waals surface area (Å²) in [7, 11) is 1.83. The lowest BCUT2D eigenvalue weighted by Crippen LogP contribution is -2.38. The average molecular weight is 362 g/mol. The molecule has 0 bridgehead atoms. The summed E-state index contributed by atoms with van der Waals surface area (Å²) in [4.78, 5) is 23.8. The van der Waals surface area contributed by atoms with E-state index in [2.05, 4.69) is 15.3 Å². The van der Waals surface area contributed by atoms with Crippen molar-refractivity contribution in [3.8, 4) is 17.0 Å². The van der Waals surface area contributed by atoms with Crippen molar-refractivity contribution in [2.24, 2.45) is 0 Å². The van der Waals surface area contributed by atoms with Gasteiger partial charge >= 0.3 is 0 Å². The number of rotatable bonds is 4. The molecule has 3 heterocycles. The number of hydrogen-bond donors (Lipinski definition) is 2. The molecule has 138 valence electrons. The number of benzene rings is 1. The Kier molecular flexibility index (Phi) is 4.73. The SMILES string of the molecule is CN(C[C@@H]1CCCN1)C(=O)c1ccnc2ccc(-c3cccc(O)c3)nc12. The van der Waals surface area contributed by atoms with Crippen LogP contribution in [0.5, 0.6) is 5.75 Å². The molecule has 2 aromatic heterocycles. The Morgan fingerprint density at radius 2 is 2.19 bits per heavy atom. The van der Waals surface area contributed by atoms with E-state index in [1.807, 2.05) is 25.2 Å². The summed E-state index contributed by atoms with van der Waals surface area (Å²) >= 11 is 0. The molecule has 3 aromatic rings. The molecular weight excluding hydrogens is 340 g/mol. The molecular formula is C21H22N4O2. The van der Waals surface area contributed by atoms with Crippen molar-refractivity contribution in [1.82, 2.24) is 20.2 Å². The zero-order valence-corrected chi connectivity index (χ0v) is 15.2. The molecule has 6 nitrogen and oxygen atoms in total. The fraction of sp³-hybridized carbons (Fsp3) is 0.286. The number of aromatic hydroxyl groups is 1. The number of carbonyl (C=O) groups excluding carboxylic acids is 1. The quantitative estimate of drug-likeness (QED) is 0.746. The highest BCUT2D eigenvalue weighted by Gasteiger charge is 2.21. The van der Waals surface area contributed by atoms with Crippen LogP contribution in [0.1, 0.15) is 23.2 Å². The van der Waals surface area contributed by atoms with E-state index in [9.17, 15) is 9.90 Å². The van der Waals surface area contributed by atoms with E-state index < -0.39 is 0 Å². The van der Waals surface area contributed by atoms with Gasteiger partial charge in [0.15, 0.2) is 0 Å². The fourth-order valence-corrected chi connectivity index (χ4v) is 3.56. The molecule has 1 fully saturated rings. The van der Waals surface area contributed by atoms with Gasteiger partial charge in [0.2, 0.25) is 0 Å². The number of nitrogens with zero attached hydrogens (tertiary/aromatic N) is 3. The highest BCUT2D eigenvalue weighted by molar-refractivity contribution is 6.04. The van der Waals surface area contributed by atoms with Gasteiger partial charge in [0.05, 0.1) is 16.8 Å². The first-order chi connectivity index (χ1) is 13.1. The molecule has 27 heavy (non-hydrogen) atoms. The molecule has 1 aliphatic heterocycles. The van der Waals surface area contributed by atoms with E-state index >= 15 is 0 Å². The van der Waals surface area contributed by atoms with Crippen LogP contribution in [0.4, 0.5) is 0 Å². The Morgan fingerprint density at radius 1 is 1.30 bits per heavy atom. The van der Waals surface area contributed by atoms with Crippen LogP contribution in [0.25, 0.3) is 22.3 Å². The summed E-state index contributed by atoms with van der Waals surface area (Å²) in [6.45, 7) is 1.69. The summed E-state index contributed by atoms with van der Waals surface area (Å²) in [5, 5.41) is 13.2. The summed E-state index contributed by atoms with van der Waals surface area (Å²) in [5.74, 6) is 0.123. The summed E-state index contributed by atoms with van der Waals surface area (Å²) in [6, 6.07) is 12.7. The lowest BCUT2D eigenvalue weighted by molar-refractivity contribution is 0.0785. The zero-order valence-electron chi connectivity index (χ0n) is 15.2. The molecule has 6 heteroatoms. The molecule has 1 aliphatic rings. The second-order valence-corrected chi connectivity index (χ2v) is 6.95. The number of carbonyl (C=O) groups is 1. The normalized spacial score (nSPS) is 16.6. The molecule has 4 rings (SSSR count). The van der Waals surface area contributed by atoms with Gasteiger partial charge in [0.1, 0.15) is 11.3 Å². The van der Waals surface area contributed by atoms with Gasteiger partial charge in [-0.05, 0) is 49.7 Å². The molecule has 0 radical (unpaired) electrons. The molecule has 1 aromatic carbocycles. The number of fused-ring (bicyclic) bond motifs is 1. The van der Waals surface area contributed by atoms with Crippen LogP contribution >= 0.6 is 0 Å². The summed E-state index contributed by atoms with van der Waals surface area (Å²) in [6.07, 6.45) is 3.89. The van der Waals surface area contributed by atoms with Crippen molar-refractivity contribution in [2.45, 2.75) is 18.9 Å². The molecule has 1 amide bonds. The van der Waals surface area contributed by atoms with Gasteiger partial charge in [-0.3, -0.25) is 9.78 Å². The molecule has 0 saturated carbocycles. The third-order valence-electron chi connectivity index (χ3n) is 4.96. The maximum absolute atomic E-state index is 13.0. The highest BCUT2D eigenvalue weighted by atomic mass is 16.3. The summed E-state index contributed by atoms with van der Waals surface area (Å²) in [5.41, 5.74) is 3.29. The second kappa shape index (κ2) is 7.32. The smallest absolute Gasteiger partial charge is 0.255 e. The first kappa shape index (κ1) is 17.4. The maximum Gasteiger partial charge on any atom is 0.255 e. The van der Waals surface area contributed by atoms with Gasteiger partial charge in [-0.1, -0.05) is 12.1 Å². The standard InChI is InChI=1S/C21H22N4O2/c1-25(13-15-5-3-10-22-15)21(27)17-9-11-23-19-8-7-18(24-20(17)19)14-4-2-6-16(26)12-14/h2,4,6-9,11-12,15,22,26H,3,5,10,13H2,1H3/t15-/m0/s1. The van der Waals surface area contributed by atoms with Gasteiger partial charge in [0.25, 0.3) is 5.91 Å². The van der Waals surface area contributed by atoms with E-state index in [0.717, 1.165) is 24.9 Å².